The van der Waals surface area contributed by atoms with Gasteiger partial charge in [-0.25, -0.2) is 9.18 Å². The van der Waals surface area contributed by atoms with Crippen LogP contribution in [-0.2, 0) is 0 Å². The lowest BCUT2D eigenvalue weighted by molar-refractivity contribution is -0.384. The number of hydrogen-bond donors (Lipinski definition) is 3. The SMILES string of the molecule is CC(CCO)Nc1cc(F)c(C(=O)O)cc1[N+](=O)[O-]. The second-order valence-electron chi connectivity index (χ2n) is 3.97. The van der Waals surface area contributed by atoms with Gasteiger partial charge in [-0.3, -0.25) is 10.1 Å². The number of hydrogen-bond acceptors (Lipinski definition) is 5. The first kappa shape index (κ1) is 14.8. The molecule has 0 amide bonds. The minimum Gasteiger partial charge on any atom is -0.478 e. The van der Waals surface area contributed by atoms with Gasteiger partial charge in [-0.1, -0.05) is 0 Å². The maximum atomic E-state index is 13.5. The molecule has 19 heavy (non-hydrogen) atoms. The molecule has 1 aromatic carbocycles. The molecule has 0 saturated carbocycles. The summed E-state index contributed by atoms with van der Waals surface area (Å²) in [5.74, 6) is -2.63. The van der Waals surface area contributed by atoms with Crippen molar-refractivity contribution in [2.45, 2.75) is 19.4 Å². The highest BCUT2D eigenvalue weighted by Gasteiger charge is 2.22. The van der Waals surface area contributed by atoms with Gasteiger partial charge in [0.2, 0.25) is 0 Å². The van der Waals surface area contributed by atoms with Crippen LogP contribution in [0.25, 0.3) is 0 Å². The molecule has 0 aromatic heterocycles. The first-order valence-electron chi connectivity index (χ1n) is 5.45. The standard InChI is InChI=1S/C11H13FN2O5/c1-6(2-3-15)13-9-5-8(12)7(11(16)17)4-10(9)14(18)19/h4-6,13,15H,2-3H2,1H3,(H,16,17). The average molecular weight is 272 g/mol. The summed E-state index contributed by atoms with van der Waals surface area (Å²) in [5, 5.41) is 31.0. The molecule has 104 valence electrons. The van der Waals surface area contributed by atoms with Gasteiger partial charge in [-0.15, -0.1) is 0 Å². The number of aliphatic hydroxyl groups excluding tert-OH is 1. The lowest BCUT2D eigenvalue weighted by Gasteiger charge is -2.14. The van der Waals surface area contributed by atoms with E-state index >= 15 is 0 Å². The minimum atomic E-state index is -1.57. The van der Waals surface area contributed by atoms with Crippen LogP contribution < -0.4 is 5.32 Å². The zero-order chi connectivity index (χ0) is 14.6. The molecule has 1 rings (SSSR count). The van der Waals surface area contributed by atoms with Crippen molar-refractivity contribution in [3.63, 3.8) is 0 Å². The fraction of sp³-hybridized carbons (Fsp3) is 0.364. The number of nitro groups is 1. The number of carboxylic acids is 1. The van der Waals surface area contributed by atoms with Crippen molar-refractivity contribution >= 4 is 17.3 Å². The van der Waals surface area contributed by atoms with Crippen LogP contribution in [0.5, 0.6) is 0 Å². The number of carbonyl (C=O) groups is 1. The Morgan fingerprint density at radius 2 is 2.21 bits per heavy atom. The molecule has 1 unspecified atom stereocenters. The maximum absolute atomic E-state index is 13.5. The van der Waals surface area contributed by atoms with E-state index in [4.69, 9.17) is 10.2 Å². The molecule has 8 heteroatoms. The van der Waals surface area contributed by atoms with Crippen LogP contribution in [0.3, 0.4) is 0 Å². The van der Waals surface area contributed by atoms with Crippen molar-refractivity contribution < 1.29 is 24.3 Å². The first-order valence-corrected chi connectivity index (χ1v) is 5.45. The van der Waals surface area contributed by atoms with E-state index in [2.05, 4.69) is 5.32 Å². The third-order valence-corrected chi connectivity index (χ3v) is 2.48. The average Bonchev–Trinajstić information content (AvgIpc) is 2.28. The predicted octanol–water partition coefficient (Wildman–Crippen LogP) is 1.61. The molecule has 3 N–H and O–H groups in total. The Balaban J connectivity index is 3.19. The molecule has 1 aromatic rings. The molecule has 0 radical (unpaired) electrons. The molecule has 0 bridgehead atoms. The number of nitrogens with zero attached hydrogens (tertiary/aromatic N) is 1. The third kappa shape index (κ3) is 3.62. The number of nitrogens with one attached hydrogen (secondary N) is 1. The Hall–Kier alpha value is -2.22. The highest BCUT2D eigenvalue weighted by molar-refractivity contribution is 5.90. The molecular formula is C11H13FN2O5. The number of anilines is 1. The van der Waals surface area contributed by atoms with Crippen LogP contribution in [-0.4, -0.2) is 33.8 Å². The van der Waals surface area contributed by atoms with E-state index in [9.17, 15) is 19.3 Å². The van der Waals surface area contributed by atoms with Crippen LogP contribution in [0.2, 0.25) is 0 Å². The molecular weight excluding hydrogens is 259 g/mol. The molecule has 7 nitrogen and oxygen atoms in total. The van der Waals surface area contributed by atoms with Gasteiger partial charge in [0.25, 0.3) is 5.69 Å². The Kier molecular flexibility index (Phi) is 4.76. The summed E-state index contributed by atoms with van der Waals surface area (Å²) >= 11 is 0. The molecule has 0 aliphatic carbocycles. The van der Waals surface area contributed by atoms with E-state index in [-0.39, 0.29) is 18.3 Å². The van der Waals surface area contributed by atoms with Gasteiger partial charge in [-0.05, 0) is 13.3 Å². The summed E-state index contributed by atoms with van der Waals surface area (Å²) in [7, 11) is 0. The van der Waals surface area contributed by atoms with E-state index in [0.29, 0.717) is 12.5 Å². The normalized spacial score (nSPS) is 11.9. The summed E-state index contributed by atoms with van der Waals surface area (Å²) < 4.78 is 13.5. The highest BCUT2D eigenvalue weighted by Crippen LogP contribution is 2.28. The summed E-state index contributed by atoms with van der Waals surface area (Å²) in [6.45, 7) is 1.53. The van der Waals surface area contributed by atoms with Crippen LogP contribution >= 0.6 is 0 Å². The molecule has 0 aliphatic heterocycles. The fourth-order valence-corrected chi connectivity index (χ4v) is 1.52. The number of benzene rings is 1. The number of halogens is 1. The molecule has 0 heterocycles. The van der Waals surface area contributed by atoms with E-state index in [1.165, 1.54) is 0 Å². The predicted molar refractivity (Wildman–Crippen MR) is 64.8 cm³/mol. The fourth-order valence-electron chi connectivity index (χ4n) is 1.52. The number of nitro benzene ring substituents is 1. The molecule has 1 atom stereocenters. The lowest BCUT2D eigenvalue weighted by atomic mass is 10.1. The molecule has 0 fully saturated rings. The molecule has 0 spiro atoms. The van der Waals surface area contributed by atoms with Crippen LogP contribution in [0, 0.1) is 15.9 Å². The minimum absolute atomic E-state index is 0.117. The number of aromatic carboxylic acids is 1. The van der Waals surface area contributed by atoms with Gasteiger partial charge in [0.15, 0.2) is 0 Å². The summed E-state index contributed by atoms with van der Waals surface area (Å²) in [5.41, 5.74) is -1.40. The van der Waals surface area contributed by atoms with Crippen molar-refractivity contribution in [1.29, 1.82) is 0 Å². The summed E-state index contributed by atoms with van der Waals surface area (Å²) in [4.78, 5) is 20.8. The second-order valence-corrected chi connectivity index (χ2v) is 3.97. The van der Waals surface area contributed by atoms with E-state index < -0.39 is 28.0 Å². The van der Waals surface area contributed by atoms with Crippen LogP contribution in [0.1, 0.15) is 23.7 Å². The van der Waals surface area contributed by atoms with Gasteiger partial charge < -0.3 is 15.5 Å². The largest absolute Gasteiger partial charge is 0.478 e. The van der Waals surface area contributed by atoms with E-state index in [1.54, 1.807) is 6.92 Å². The Morgan fingerprint density at radius 1 is 1.58 bits per heavy atom. The topological polar surface area (TPSA) is 113 Å². The molecule has 0 aliphatic rings. The Morgan fingerprint density at radius 3 is 2.68 bits per heavy atom. The second kappa shape index (κ2) is 6.10. The number of aliphatic hydroxyl groups is 1. The zero-order valence-corrected chi connectivity index (χ0v) is 10.1. The van der Waals surface area contributed by atoms with Crippen molar-refractivity contribution in [3.8, 4) is 0 Å². The van der Waals surface area contributed by atoms with Gasteiger partial charge in [-0.2, -0.15) is 0 Å². The zero-order valence-electron chi connectivity index (χ0n) is 10.1. The maximum Gasteiger partial charge on any atom is 0.338 e. The van der Waals surface area contributed by atoms with E-state index in [1.807, 2.05) is 0 Å². The van der Waals surface area contributed by atoms with Gasteiger partial charge in [0.05, 0.1) is 4.92 Å². The van der Waals surface area contributed by atoms with Gasteiger partial charge in [0, 0.05) is 24.8 Å². The highest BCUT2D eigenvalue weighted by atomic mass is 19.1. The van der Waals surface area contributed by atoms with E-state index in [0.717, 1.165) is 6.07 Å². The summed E-state index contributed by atoms with van der Waals surface area (Å²) in [6, 6.07) is 1.12. The number of rotatable bonds is 6. The first-order chi connectivity index (χ1) is 8.86. The monoisotopic (exact) mass is 272 g/mol. The van der Waals surface area contributed by atoms with Crippen molar-refractivity contribution in [3.05, 3.63) is 33.6 Å². The quantitative estimate of drug-likeness (QED) is 0.535. The Labute approximate surface area is 107 Å². The smallest absolute Gasteiger partial charge is 0.338 e. The third-order valence-electron chi connectivity index (χ3n) is 2.48. The van der Waals surface area contributed by atoms with Crippen molar-refractivity contribution in [2.75, 3.05) is 11.9 Å². The summed E-state index contributed by atoms with van der Waals surface area (Å²) in [6.07, 6.45) is 0.319. The van der Waals surface area contributed by atoms with Crippen LogP contribution in [0.4, 0.5) is 15.8 Å². The van der Waals surface area contributed by atoms with Crippen LogP contribution in [0.15, 0.2) is 12.1 Å². The Bertz CT molecular complexity index is 506. The van der Waals surface area contributed by atoms with Gasteiger partial charge in [0.1, 0.15) is 17.1 Å². The molecule has 0 saturated heterocycles. The van der Waals surface area contributed by atoms with Crippen molar-refractivity contribution in [1.82, 2.24) is 0 Å². The van der Waals surface area contributed by atoms with Crippen molar-refractivity contribution in [2.24, 2.45) is 0 Å². The van der Waals surface area contributed by atoms with Gasteiger partial charge >= 0.3 is 5.97 Å². The lowest BCUT2D eigenvalue weighted by Crippen LogP contribution is -2.18. The number of carboxylic acid groups (broad SMARTS) is 1.